The minimum atomic E-state index is 0.450. The van der Waals surface area contributed by atoms with Crippen molar-refractivity contribution >= 4 is 28.5 Å². The number of hydrogen-bond acceptors (Lipinski definition) is 5. The van der Waals surface area contributed by atoms with E-state index >= 15 is 0 Å². The van der Waals surface area contributed by atoms with Crippen LogP contribution in [0.4, 0.5) is 5.82 Å². The first-order valence-electron chi connectivity index (χ1n) is 10.3. The summed E-state index contributed by atoms with van der Waals surface area (Å²) >= 11 is 2.10. The molecule has 1 aromatic carbocycles. The summed E-state index contributed by atoms with van der Waals surface area (Å²) in [5.74, 6) is 2.37. The normalized spacial score (nSPS) is 21.4. The molecule has 0 bridgehead atoms. The third-order valence-corrected chi connectivity index (χ3v) is 7.26. The molecule has 2 saturated heterocycles. The fourth-order valence-corrected chi connectivity index (χ4v) is 5.35. The molecule has 0 saturated carbocycles. The molecule has 1 aromatic heterocycles. The Hall–Kier alpha value is -1.24. The highest BCUT2D eigenvalue weighted by Gasteiger charge is 2.29. The third kappa shape index (κ3) is 4.44. The van der Waals surface area contributed by atoms with E-state index in [9.17, 15) is 0 Å². The molecule has 2 aliphatic heterocycles. The van der Waals surface area contributed by atoms with Crippen LogP contribution >= 0.6 is 11.8 Å². The highest BCUT2D eigenvalue weighted by atomic mass is 32.2. The zero-order chi connectivity index (χ0) is 18.9. The van der Waals surface area contributed by atoms with Crippen molar-refractivity contribution in [3.05, 3.63) is 24.3 Å². The van der Waals surface area contributed by atoms with Crippen molar-refractivity contribution in [1.29, 1.82) is 0 Å². The van der Waals surface area contributed by atoms with Crippen molar-refractivity contribution in [1.82, 2.24) is 19.6 Å². The van der Waals surface area contributed by atoms with Gasteiger partial charge in [-0.2, -0.15) is 5.10 Å². The highest BCUT2D eigenvalue weighted by Crippen LogP contribution is 2.33. The van der Waals surface area contributed by atoms with Crippen LogP contribution in [0.25, 0.3) is 10.9 Å². The molecule has 0 radical (unpaired) electrons. The van der Waals surface area contributed by atoms with E-state index in [0.717, 1.165) is 32.0 Å². The highest BCUT2D eigenvalue weighted by molar-refractivity contribution is 8.00. The van der Waals surface area contributed by atoms with E-state index in [4.69, 9.17) is 5.10 Å². The quantitative estimate of drug-likeness (QED) is 0.709. The van der Waals surface area contributed by atoms with Crippen LogP contribution in [0.1, 0.15) is 26.7 Å². The second kappa shape index (κ2) is 8.02. The topological polar surface area (TPSA) is 27.5 Å². The lowest BCUT2D eigenvalue weighted by atomic mass is 10.2. The maximum atomic E-state index is 4.79. The number of piperazine rings is 1. The molecule has 6 heteroatoms. The third-order valence-electron chi connectivity index (χ3n) is 5.85. The molecule has 3 heterocycles. The van der Waals surface area contributed by atoms with E-state index < -0.39 is 0 Å². The van der Waals surface area contributed by atoms with E-state index in [1.165, 1.54) is 49.3 Å². The summed E-state index contributed by atoms with van der Waals surface area (Å²) in [6.45, 7) is 12.9. The Morgan fingerprint density at radius 1 is 1.00 bits per heavy atom. The van der Waals surface area contributed by atoms with Crippen LogP contribution < -0.4 is 4.90 Å². The second-order valence-corrected chi connectivity index (χ2v) is 10.2. The minimum absolute atomic E-state index is 0.450. The van der Waals surface area contributed by atoms with Gasteiger partial charge in [-0.25, -0.2) is 0 Å². The first kappa shape index (κ1) is 19.1. The van der Waals surface area contributed by atoms with Gasteiger partial charge >= 0.3 is 0 Å². The summed E-state index contributed by atoms with van der Waals surface area (Å²) in [7, 11) is 2.04. The summed E-state index contributed by atoms with van der Waals surface area (Å²) in [5.41, 5.74) is 1.22. The molecule has 27 heavy (non-hydrogen) atoms. The van der Waals surface area contributed by atoms with Crippen LogP contribution in [-0.2, 0) is 7.05 Å². The predicted molar refractivity (Wildman–Crippen MR) is 117 cm³/mol. The van der Waals surface area contributed by atoms with Gasteiger partial charge in [-0.15, -0.1) is 11.8 Å². The fourth-order valence-electron chi connectivity index (χ4n) is 4.32. The minimum Gasteiger partial charge on any atom is -0.352 e. The van der Waals surface area contributed by atoms with Crippen molar-refractivity contribution in [2.45, 2.75) is 31.4 Å². The van der Waals surface area contributed by atoms with Gasteiger partial charge in [0.15, 0.2) is 5.82 Å². The van der Waals surface area contributed by atoms with Gasteiger partial charge in [0.05, 0.1) is 5.52 Å². The SMILES string of the molecule is Cn1nc(N2CCN(CCCCN3CSC(C)(C)C3)CC2)c2ccccc21. The van der Waals surface area contributed by atoms with Gasteiger partial charge in [0, 0.05) is 55.8 Å². The van der Waals surface area contributed by atoms with Crippen LogP contribution in [-0.4, -0.2) is 76.0 Å². The maximum absolute atomic E-state index is 4.79. The average molecular weight is 388 g/mol. The Labute approximate surface area is 167 Å². The number of thioether (sulfide) groups is 1. The van der Waals surface area contributed by atoms with E-state index in [1.807, 2.05) is 11.7 Å². The molecule has 5 nitrogen and oxygen atoms in total. The summed E-state index contributed by atoms with van der Waals surface area (Å²) in [6, 6.07) is 8.56. The van der Waals surface area contributed by atoms with Gasteiger partial charge in [0.25, 0.3) is 0 Å². The van der Waals surface area contributed by atoms with Gasteiger partial charge in [0.1, 0.15) is 0 Å². The van der Waals surface area contributed by atoms with Crippen molar-refractivity contribution in [3.63, 3.8) is 0 Å². The van der Waals surface area contributed by atoms with Crippen LogP contribution in [0, 0.1) is 0 Å². The number of unbranched alkanes of at least 4 members (excludes halogenated alkanes) is 1. The average Bonchev–Trinajstić information content (AvgIpc) is 3.19. The lowest BCUT2D eigenvalue weighted by Crippen LogP contribution is -2.47. The lowest BCUT2D eigenvalue weighted by Gasteiger charge is -2.35. The van der Waals surface area contributed by atoms with E-state index in [2.05, 4.69) is 64.6 Å². The number of para-hydroxylation sites is 1. The van der Waals surface area contributed by atoms with Crippen LogP contribution in [0.2, 0.25) is 0 Å². The van der Waals surface area contributed by atoms with Gasteiger partial charge in [-0.3, -0.25) is 14.5 Å². The molecular formula is C21H33N5S. The first-order valence-corrected chi connectivity index (χ1v) is 11.3. The number of anilines is 1. The first-order chi connectivity index (χ1) is 13.0. The summed E-state index contributed by atoms with van der Waals surface area (Å²) in [5, 5.41) is 6.06. The van der Waals surface area contributed by atoms with Crippen molar-refractivity contribution in [2.24, 2.45) is 7.05 Å². The number of aromatic nitrogens is 2. The molecule has 0 unspecified atom stereocenters. The van der Waals surface area contributed by atoms with Crippen molar-refractivity contribution < 1.29 is 0 Å². The smallest absolute Gasteiger partial charge is 0.158 e. The Morgan fingerprint density at radius 3 is 2.41 bits per heavy atom. The molecule has 148 valence electrons. The van der Waals surface area contributed by atoms with E-state index in [-0.39, 0.29) is 0 Å². The van der Waals surface area contributed by atoms with Crippen molar-refractivity contribution in [2.75, 3.05) is 56.6 Å². The summed E-state index contributed by atoms with van der Waals surface area (Å²) in [6.07, 6.45) is 2.63. The molecule has 0 aliphatic carbocycles. The standard InChI is InChI=1S/C21H33N5S/c1-21(2)16-25(17-27-21)11-7-6-10-24-12-14-26(15-13-24)20-18-8-4-5-9-19(18)23(3)22-20/h4-5,8-9H,6-7,10-17H2,1-3H3. The van der Waals surface area contributed by atoms with Crippen LogP contribution in [0.5, 0.6) is 0 Å². The number of fused-ring (bicyclic) bond motifs is 1. The molecule has 0 spiro atoms. The monoisotopic (exact) mass is 387 g/mol. The lowest BCUT2D eigenvalue weighted by molar-refractivity contribution is 0.242. The Bertz CT molecular complexity index is 763. The zero-order valence-electron chi connectivity index (χ0n) is 17.0. The molecule has 4 rings (SSSR count). The number of rotatable bonds is 6. The Kier molecular flexibility index (Phi) is 5.67. The Balaban J connectivity index is 1.21. The number of aryl methyl sites for hydroxylation is 1. The molecule has 2 aliphatic rings. The molecular weight excluding hydrogens is 354 g/mol. The van der Waals surface area contributed by atoms with Crippen LogP contribution in [0.3, 0.4) is 0 Å². The predicted octanol–water partition coefficient (Wildman–Crippen LogP) is 3.26. The number of hydrogen-bond donors (Lipinski definition) is 0. The maximum Gasteiger partial charge on any atom is 0.158 e. The zero-order valence-corrected chi connectivity index (χ0v) is 17.8. The molecule has 0 atom stereocenters. The largest absolute Gasteiger partial charge is 0.352 e. The number of nitrogens with zero attached hydrogens (tertiary/aromatic N) is 5. The van der Waals surface area contributed by atoms with Crippen LogP contribution in [0.15, 0.2) is 24.3 Å². The Morgan fingerprint density at radius 2 is 1.70 bits per heavy atom. The van der Waals surface area contributed by atoms with Crippen molar-refractivity contribution in [3.8, 4) is 0 Å². The van der Waals surface area contributed by atoms with E-state index in [0.29, 0.717) is 4.75 Å². The molecule has 2 fully saturated rings. The van der Waals surface area contributed by atoms with E-state index in [1.54, 1.807) is 0 Å². The van der Waals surface area contributed by atoms with Gasteiger partial charge < -0.3 is 4.90 Å². The fraction of sp³-hybridized carbons (Fsp3) is 0.667. The van der Waals surface area contributed by atoms with Gasteiger partial charge in [-0.1, -0.05) is 12.1 Å². The number of benzene rings is 1. The summed E-state index contributed by atoms with van der Waals surface area (Å²) in [4.78, 5) is 7.71. The van der Waals surface area contributed by atoms with Gasteiger partial charge in [0.2, 0.25) is 0 Å². The molecule has 2 aromatic rings. The summed E-state index contributed by atoms with van der Waals surface area (Å²) < 4.78 is 2.46. The molecule has 0 N–H and O–H groups in total. The second-order valence-electron chi connectivity index (χ2n) is 8.59. The van der Waals surface area contributed by atoms with Gasteiger partial charge in [-0.05, 0) is 51.9 Å². The molecule has 0 amide bonds.